The van der Waals surface area contributed by atoms with E-state index < -0.39 is 0 Å². The van der Waals surface area contributed by atoms with Gasteiger partial charge in [-0.2, -0.15) is 0 Å². The lowest BCUT2D eigenvalue weighted by atomic mass is 10.0. The molecule has 0 aliphatic heterocycles. The molecule has 0 saturated heterocycles. The van der Waals surface area contributed by atoms with Crippen molar-refractivity contribution < 1.29 is 0 Å². The maximum atomic E-state index is 6.39. The zero-order valence-corrected chi connectivity index (χ0v) is 11.2. The van der Waals surface area contributed by atoms with Crippen LogP contribution in [0.2, 0.25) is 5.02 Å². The molecule has 0 N–H and O–H groups in total. The van der Waals surface area contributed by atoms with Gasteiger partial charge < -0.3 is 0 Å². The van der Waals surface area contributed by atoms with Crippen LogP contribution in [0, 0.1) is 6.92 Å². The Morgan fingerprint density at radius 2 is 2.00 bits per heavy atom. The fraction of sp³-hybridized carbons (Fsp3) is 0.231. The molecule has 1 unspecified atom stereocenters. The van der Waals surface area contributed by atoms with Crippen molar-refractivity contribution >= 4 is 34.5 Å². The molecule has 2 rings (SSSR count). The molecule has 1 aromatic heterocycles. The third-order valence-corrected chi connectivity index (χ3v) is 4.56. The van der Waals surface area contributed by atoms with Gasteiger partial charge in [-0.3, -0.25) is 0 Å². The van der Waals surface area contributed by atoms with Crippen LogP contribution in [0.15, 0.2) is 35.7 Å². The van der Waals surface area contributed by atoms with E-state index in [9.17, 15) is 0 Å². The number of hydrogen-bond donors (Lipinski definition) is 0. The Labute approximate surface area is 110 Å². The van der Waals surface area contributed by atoms with Crippen LogP contribution in [-0.2, 0) is 6.42 Å². The Bertz CT molecular complexity index is 476. The first-order chi connectivity index (χ1) is 7.68. The highest BCUT2D eigenvalue weighted by molar-refractivity contribution is 7.11. The highest BCUT2D eigenvalue weighted by Gasteiger charge is 2.14. The molecule has 1 aromatic carbocycles. The normalized spacial score (nSPS) is 12.7. The number of halogens is 2. The highest BCUT2D eigenvalue weighted by atomic mass is 35.5. The zero-order valence-electron chi connectivity index (χ0n) is 8.91. The third kappa shape index (κ3) is 2.60. The van der Waals surface area contributed by atoms with E-state index in [-0.39, 0.29) is 5.38 Å². The Hall–Kier alpha value is -0.500. The topological polar surface area (TPSA) is 0 Å². The summed E-state index contributed by atoms with van der Waals surface area (Å²) in [6.07, 6.45) is 0.828. The lowest BCUT2D eigenvalue weighted by Gasteiger charge is -2.10. The molecule has 1 heterocycles. The number of alkyl halides is 1. The monoisotopic (exact) mass is 270 g/mol. The Morgan fingerprint density at radius 1 is 1.25 bits per heavy atom. The molecule has 0 bridgehead atoms. The van der Waals surface area contributed by atoms with E-state index in [1.165, 1.54) is 11.1 Å². The van der Waals surface area contributed by atoms with Gasteiger partial charge in [-0.1, -0.05) is 35.9 Å². The Morgan fingerprint density at radius 3 is 2.62 bits per heavy atom. The van der Waals surface area contributed by atoms with Crippen LogP contribution in [0.4, 0.5) is 0 Å². The van der Waals surface area contributed by atoms with E-state index in [1.54, 1.807) is 11.3 Å². The maximum absolute atomic E-state index is 6.39. The van der Waals surface area contributed by atoms with E-state index in [0.717, 1.165) is 16.3 Å². The third-order valence-electron chi connectivity index (χ3n) is 2.59. The second-order valence-corrected chi connectivity index (χ2v) is 5.61. The van der Waals surface area contributed by atoms with Crippen molar-refractivity contribution in [3.8, 4) is 0 Å². The van der Waals surface area contributed by atoms with Crippen LogP contribution in [0.25, 0.3) is 0 Å². The summed E-state index contributed by atoms with van der Waals surface area (Å²) in [5.74, 6) is 0. The largest absolute Gasteiger partial charge is 0.146 e. The van der Waals surface area contributed by atoms with E-state index in [1.807, 2.05) is 23.6 Å². The first-order valence-corrected chi connectivity index (χ1v) is 6.79. The minimum absolute atomic E-state index is 0.0337. The number of thiophene rings is 1. The predicted molar refractivity (Wildman–Crippen MR) is 72.8 cm³/mol. The molecule has 0 nitrogen and oxygen atoms in total. The summed E-state index contributed by atoms with van der Waals surface area (Å²) in [7, 11) is 0. The first kappa shape index (κ1) is 12.0. The lowest BCUT2D eigenvalue weighted by molar-refractivity contribution is 0.930. The van der Waals surface area contributed by atoms with Crippen molar-refractivity contribution in [2.24, 2.45) is 0 Å². The minimum Gasteiger partial charge on any atom is -0.146 e. The van der Waals surface area contributed by atoms with Crippen molar-refractivity contribution in [1.29, 1.82) is 0 Å². The summed E-state index contributed by atoms with van der Waals surface area (Å²) >= 11 is 14.1. The summed E-state index contributed by atoms with van der Waals surface area (Å²) in [4.78, 5) is 1.06. The summed E-state index contributed by atoms with van der Waals surface area (Å²) in [6, 6.07) is 10.2. The summed E-state index contributed by atoms with van der Waals surface area (Å²) < 4.78 is 0. The maximum Gasteiger partial charge on any atom is 0.0733 e. The summed E-state index contributed by atoms with van der Waals surface area (Å²) in [5, 5.41) is 2.72. The summed E-state index contributed by atoms with van der Waals surface area (Å²) in [5.41, 5.74) is 2.56. The molecule has 0 fully saturated rings. The number of aryl methyl sites for hydroxylation is 1. The fourth-order valence-electron chi connectivity index (χ4n) is 1.65. The first-order valence-electron chi connectivity index (χ1n) is 5.10. The Kier molecular flexibility index (Phi) is 3.91. The Balaban J connectivity index is 2.17. The molecule has 0 aliphatic rings. The van der Waals surface area contributed by atoms with E-state index >= 15 is 0 Å². The average Bonchev–Trinajstić information content (AvgIpc) is 2.68. The minimum atomic E-state index is -0.0337. The molecule has 0 spiro atoms. The lowest BCUT2D eigenvalue weighted by Crippen LogP contribution is -1.96. The van der Waals surface area contributed by atoms with Gasteiger partial charge in [0, 0.05) is 4.88 Å². The quantitative estimate of drug-likeness (QED) is 0.670. The molecule has 3 heteroatoms. The van der Waals surface area contributed by atoms with Crippen LogP contribution in [0.5, 0.6) is 0 Å². The number of rotatable bonds is 3. The second kappa shape index (κ2) is 5.22. The van der Waals surface area contributed by atoms with Gasteiger partial charge in [-0.15, -0.1) is 22.9 Å². The van der Waals surface area contributed by atoms with Gasteiger partial charge in [0.15, 0.2) is 0 Å². The molecular weight excluding hydrogens is 259 g/mol. The van der Waals surface area contributed by atoms with Crippen molar-refractivity contribution in [2.75, 3.05) is 0 Å². The van der Waals surface area contributed by atoms with Crippen molar-refractivity contribution in [2.45, 2.75) is 18.7 Å². The number of benzene rings is 1. The SMILES string of the molecule is Cc1ccccc1CC(Cl)c1sccc1Cl. The molecule has 0 radical (unpaired) electrons. The van der Waals surface area contributed by atoms with Gasteiger partial charge >= 0.3 is 0 Å². The van der Waals surface area contributed by atoms with Crippen LogP contribution in [0.3, 0.4) is 0 Å². The molecule has 16 heavy (non-hydrogen) atoms. The molecular formula is C13H12Cl2S. The predicted octanol–water partition coefficient (Wildman–Crippen LogP) is 5.23. The van der Waals surface area contributed by atoms with Crippen LogP contribution in [0.1, 0.15) is 21.4 Å². The van der Waals surface area contributed by atoms with Crippen molar-refractivity contribution in [1.82, 2.24) is 0 Å². The molecule has 0 amide bonds. The highest BCUT2D eigenvalue weighted by Crippen LogP contribution is 2.35. The molecule has 2 aromatic rings. The fourth-order valence-corrected chi connectivity index (χ4v) is 3.31. The van der Waals surface area contributed by atoms with Crippen molar-refractivity contribution in [3.63, 3.8) is 0 Å². The van der Waals surface area contributed by atoms with Gasteiger partial charge in [0.2, 0.25) is 0 Å². The smallest absolute Gasteiger partial charge is 0.0733 e. The summed E-state index contributed by atoms with van der Waals surface area (Å²) in [6.45, 7) is 2.11. The van der Waals surface area contributed by atoms with Gasteiger partial charge in [0.05, 0.1) is 10.4 Å². The molecule has 0 aliphatic carbocycles. The van der Waals surface area contributed by atoms with Gasteiger partial charge in [0.1, 0.15) is 0 Å². The van der Waals surface area contributed by atoms with Crippen LogP contribution in [-0.4, -0.2) is 0 Å². The van der Waals surface area contributed by atoms with Gasteiger partial charge in [-0.25, -0.2) is 0 Å². The zero-order chi connectivity index (χ0) is 11.5. The second-order valence-electron chi connectivity index (χ2n) is 3.73. The van der Waals surface area contributed by atoms with Crippen LogP contribution < -0.4 is 0 Å². The molecule has 1 atom stereocenters. The van der Waals surface area contributed by atoms with Crippen molar-refractivity contribution in [3.05, 3.63) is 56.7 Å². The van der Waals surface area contributed by atoms with E-state index in [2.05, 4.69) is 19.1 Å². The number of hydrogen-bond acceptors (Lipinski definition) is 1. The van der Waals surface area contributed by atoms with E-state index in [0.29, 0.717) is 0 Å². The average molecular weight is 271 g/mol. The van der Waals surface area contributed by atoms with Gasteiger partial charge in [-0.05, 0) is 35.9 Å². The van der Waals surface area contributed by atoms with E-state index in [4.69, 9.17) is 23.2 Å². The van der Waals surface area contributed by atoms with Crippen LogP contribution >= 0.6 is 34.5 Å². The molecule has 84 valence electrons. The standard InChI is InChI=1S/C13H12Cl2S/c1-9-4-2-3-5-10(9)8-12(15)13-11(14)6-7-16-13/h2-7,12H,8H2,1H3. The molecule has 0 saturated carbocycles. The van der Waals surface area contributed by atoms with Gasteiger partial charge in [0.25, 0.3) is 0 Å².